The molecule has 3 aliphatic rings. The second kappa shape index (κ2) is 13.7. The topological polar surface area (TPSA) is 160 Å². The Morgan fingerprint density at radius 3 is 2.42 bits per heavy atom. The Hall–Kier alpha value is -4.26. The van der Waals surface area contributed by atoms with Gasteiger partial charge in [-0.3, -0.25) is 9.59 Å². The minimum Gasteiger partial charge on any atom is -0.479 e. The van der Waals surface area contributed by atoms with E-state index in [1.165, 1.54) is 16.2 Å². The first-order valence-corrected chi connectivity index (χ1v) is 17.6. The quantitative estimate of drug-likeness (QED) is 0.326. The molecule has 1 aromatic carbocycles. The molecule has 2 aliphatic heterocycles. The number of para-hydroxylation sites is 2. The highest BCUT2D eigenvalue weighted by atomic mass is 32.1. The van der Waals surface area contributed by atoms with Crippen molar-refractivity contribution in [1.29, 1.82) is 0 Å². The van der Waals surface area contributed by atoms with Crippen LogP contribution < -0.4 is 15.4 Å². The molecular formula is C35H43N5O7S. The molecule has 48 heavy (non-hydrogen) atoms. The molecule has 5 atom stereocenters. The number of carbonyl (C=O) groups excluding carboxylic acids is 3. The average molecular weight is 678 g/mol. The standard InChI is InChI=1S/C35H43N5O7S/c1-34(2,3)47-33(45)38-25-15-8-6-4-5-7-12-21-19-35(21,32(43)44)39-29(41)26-18-22(20-40(26)31(25)42)46-30-28(27-16-11-17-48-27)36-23-13-9-10-14-24(23)37-30/h9-11,13-14,16-17,21-22,25-26H,4-8,12,15,18-20H2,1-3H3,(H,38,45)(H,39,41)(H,43,44)/t21?,22-,25+,26+,35?/m1/s1. The molecule has 3 aromatic rings. The summed E-state index contributed by atoms with van der Waals surface area (Å²) >= 11 is 1.49. The predicted octanol–water partition coefficient (Wildman–Crippen LogP) is 5.30. The Kier molecular flexibility index (Phi) is 9.60. The number of hydrogen-bond donors (Lipinski definition) is 3. The molecule has 0 spiro atoms. The lowest BCUT2D eigenvalue weighted by atomic mass is 10.0. The number of fused-ring (bicyclic) bond motifs is 3. The fourth-order valence-electron chi connectivity index (χ4n) is 6.80. The third-order valence-electron chi connectivity index (χ3n) is 9.29. The molecule has 0 radical (unpaired) electrons. The summed E-state index contributed by atoms with van der Waals surface area (Å²) in [4.78, 5) is 65.6. The highest BCUT2D eigenvalue weighted by molar-refractivity contribution is 7.13. The molecule has 1 saturated carbocycles. The van der Waals surface area contributed by atoms with E-state index in [1.807, 2.05) is 41.8 Å². The molecule has 0 bridgehead atoms. The summed E-state index contributed by atoms with van der Waals surface area (Å²) in [5.74, 6) is -1.94. The third kappa shape index (κ3) is 7.40. The van der Waals surface area contributed by atoms with Gasteiger partial charge in [0.2, 0.25) is 17.7 Å². The zero-order valence-corrected chi connectivity index (χ0v) is 28.4. The first-order valence-electron chi connectivity index (χ1n) is 16.8. The summed E-state index contributed by atoms with van der Waals surface area (Å²) in [6.07, 6.45) is 4.42. The number of aromatic nitrogens is 2. The summed E-state index contributed by atoms with van der Waals surface area (Å²) in [5, 5.41) is 17.7. The summed E-state index contributed by atoms with van der Waals surface area (Å²) in [7, 11) is 0. The third-order valence-corrected chi connectivity index (χ3v) is 10.2. The van der Waals surface area contributed by atoms with Crippen LogP contribution in [0.5, 0.6) is 5.88 Å². The lowest BCUT2D eigenvalue weighted by Gasteiger charge is -2.30. The second-order valence-electron chi connectivity index (χ2n) is 14.0. The average Bonchev–Trinajstić information content (AvgIpc) is 3.34. The van der Waals surface area contributed by atoms with E-state index in [0.717, 1.165) is 30.6 Å². The SMILES string of the molecule is CC(C)(C)OC(=O)N[C@H]1CCCCCCCC2CC2(C(=O)O)NC(=O)[C@@H]2C[C@@H](Oc3nc4ccccc4nc3-c3cccs3)CN2C1=O. The number of carboxylic acid groups (broad SMARTS) is 1. The summed E-state index contributed by atoms with van der Waals surface area (Å²) in [6.45, 7) is 5.27. The van der Waals surface area contributed by atoms with Gasteiger partial charge >= 0.3 is 12.1 Å². The molecule has 1 aliphatic carbocycles. The van der Waals surface area contributed by atoms with Gasteiger partial charge in [0, 0.05) is 6.42 Å². The van der Waals surface area contributed by atoms with Crippen LogP contribution in [0.1, 0.15) is 78.6 Å². The van der Waals surface area contributed by atoms with E-state index in [0.29, 0.717) is 42.4 Å². The largest absolute Gasteiger partial charge is 0.479 e. The maximum Gasteiger partial charge on any atom is 0.408 e. The minimum absolute atomic E-state index is 0.0330. The van der Waals surface area contributed by atoms with Gasteiger partial charge in [-0.1, -0.05) is 50.3 Å². The number of nitrogens with zero attached hydrogens (tertiary/aromatic N) is 3. The molecule has 2 unspecified atom stereocenters. The number of alkyl carbamates (subject to hydrolysis) is 1. The molecule has 4 heterocycles. The van der Waals surface area contributed by atoms with Crippen LogP contribution in [0.25, 0.3) is 21.6 Å². The van der Waals surface area contributed by atoms with Crippen molar-refractivity contribution in [2.45, 2.75) is 108 Å². The van der Waals surface area contributed by atoms with Gasteiger partial charge in [0.05, 0.1) is 22.5 Å². The van der Waals surface area contributed by atoms with E-state index in [2.05, 4.69) is 10.6 Å². The fourth-order valence-corrected chi connectivity index (χ4v) is 7.50. The molecule has 3 amide bonds. The molecule has 256 valence electrons. The first kappa shape index (κ1) is 33.6. The Labute approximate surface area is 283 Å². The lowest BCUT2D eigenvalue weighted by Crippen LogP contribution is -2.56. The van der Waals surface area contributed by atoms with Crippen LogP contribution in [0.15, 0.2) is 41.8 Å². The van der Waals surface area contributed by atoms with Crippen molar-refractivity contribution in [2.75, 3.05) is 6.54 Å². The maximum absolute atomic E-state index is 14.3. The van der Waals surface area contributed by atoms with Crippen molar-refractivity contribution < 1.29 is 33.8 Å². The van der Waals surface area contributed by atoms with Gasteiger partial charge in [-0.2, -0.15) is 0 Å². The number of hydrogen-bond acceptors (Lipinski definition) is 9. The second-order valence-corrected chi connectivity index (χ2v) is 15.0. The highest BCUT2D eigenvalue weighted by Crippen LogP contribution is 2.47. The van der Waals surface area contributed by atoms with Crippen molar-refractivity contribution in [3.63, 3.8) is 0 Å². The number of carbonyl (C=O) groups is 4. The molecule has 13 heteroatoms. The van der Waals surface area contributed by atoms with Crippen LogP contribution in [0, 0.1) is 5.92 Å². The summed E-state index contributed by atoms with van der Waals surface area (Å²) in [6, 6.07) is 9.34. The Bertz CT molecular complexity index is 1680. The van der Waals surface area contributed by atoms with E-state index < -0.39 is 53.2 Å². The minimum atomic E-state index is -1.35. The van der Waals surface area contributed by atoms with Crippen LogP contribution in [-0.4, -0.2) is 79.7 Å². The molecule has 3 N–H and O–H groups in total. The van der Waals surface area contributed by atoms with Crippen LogP contribution in [0.3, 0.4) is 0 Å². The van der Waals surface area contributed by atoms with Crippen LogP contribution >= 0.6 is 11.3 Å². The Morgan fingerprint density at radius 1 is 1.02 bits per heavy atom. The number of ether oxygens (including phenoxy) is 2. The molecule has 2 aromatic heterocycles. The molecule has 3 fully saturated rings. The lowest BCUT2D eigenvalue weighted by molar-refractivity contribution is -0.146. The van der Waals surface area contributed by atoms with Gasteiger partial charge in [-0.15, -0.1) is 11.3 Å². The number of carboxylic acids is 1. The van der Waals surface area contributed by atoms with E-state index in [4.69, 9.17) is 19.4 Å². The van der Waals surface area contributed by atoms with Gasteiger partial charge in [0.15, 0.2) is 0 Å². The fraction of sp³-hybridized carbons (Fsp3) is 0.543. The normalized spacial score (nSPS) is 26.8. The molecule has 12 nitrogen and oxygen atoms in total. The maximum atomic E-state index is 14.3. The number of benzene rings is 1. The summed E-state index contributed by atoms with van der Waals surface area (Å²) in [5.41, 5.74) is -0.223. The van der Waals surface area contributed by atoms with Crippen molar-refractivity contribution in [1.82, 2.24) is 25.5 Å². The summed E-state index contributed by atoms with van der Waals surface area (Å²) < 4.78 is 12.0. The zero-order chi connectivity index (χ0) is 34.1. The van der Waals surface area contributed by atoms with Gasteiger partial charge < -0.3 is 30.1 Å². The van der Waals surface area contributed by atoms with E-state index in [9.17, 15) is 24.3 Å². The van der Waals surface area contributed by atoms with Gasteiger partial charge in [-0.05, 0) is 69.5 Å². The highest BCUT2D eigenvalue weighted by Gasteiger charge is 2.62. The number of thiophene rings is 1. The number of aliphatic carboxylic acids is 1. The van der Waals surface area contributed by atoms with Crippen molar-refractivity contribution >= 4 is 46.2 Å². The van der Waals surface area contributed by atoms with Gasteiger partial charge in [0.25, 0.3) is 0 Å². The van der Waals surface area contributed by atoms with Crippen molar-refractivity contribution in [2.24, 2.45) is 5.92 Å². The van der Waals surface area contributed by atoms with Crippen LogP contribution in [0.4, 0.5) is 4.79 Å². The Balaban J connectivity index is 1.32. The number of nitrogens with one attached hydrogen (secondary N) is 2. The number of rotatable bonds is 5. The van der Waals surface area contributed by atoms with Crippen LogP contribution in [0.2, 0.25) is 0 Å². The van der Waals surface area contributed by atoms with E-state index >= 15 is 0 Å². The van der Waals surface area contributed by atoms with Gasteiger partial charge in [-0.25, -0.2) is 19.6 Å². The first-order chi connectivity index (χ1) is 22.9. The zero-order valence-electron chi connectivity index (χ0n) is 27.6. The molecule has 2 saturated heterocycles. The molecular weight excluding hydrogens is 634 g/mol. The van der Waals surface area contributed by atoms with E-state index in [-0.39, 0.29) is 24.8 Å². The number of amides is 3. The van der Waals surface area contributed by atoms with Gasteiger partial charge in [0.1, 0.15) is 35.0 Å². The van der Waals surface area contributed by atoms with E-state index in [1.54, 1.807) is 20.8 Å². The Morgan fingerprint density at radius 2 is 1.73 bits per heavy atom. The monoisotopic (exact) mass is 677 g/mol. The smallest absolute Gasteiger partial charge is 0.408 e. The van der Waals surface area contributed by atoms with Crippen molar-refractivity contribution in [3.8, 4) is 16.5 Å². The van der Waals surface area contributed by atoms with Crippen LogP contribution in [-0.2, 0) is 19.1 Å². The predicted molar refractivity (Wildman–Crippen MR) is 179 cm³/mol. The molecule has 6 rings (SSSR count). The van der Waals surface area contributed by atoms with Crippen molar-refractivity contribution in [3.05, 3.63) is 41.8 Å².